The van der Waals surface area contributed by atoms with Gasteiger partial charge in [0.1, 0.15) is 5.82 Å². The van der Waals surface area contributed by atoms with Crippen LogP contribution in [0.25, 0.3) is 0 Å². The summed E-state index contributed by atoms with van der Waals surface area (Å²) in [7, 11) is 0. The fraction of sp³-hybridized carbons (Fsp3) is 0.583. The second kappa shape index (κ2) is 10.7. The molecule has 0 aliphatic rings. The molecule has 0 saturated heterocycles. The molecule has 0 fully saturated rings. The van der Waals surface area contributed by atoms with Crippen molar-refractivity contribution in [3.05, 3.63) is 27.9 Å². The predicted octanol–water partition coefficient (Wildman–Crippen LogP) is 0.708. The zero-order chi connectivity index (χ0) is 13.5. The Bertz CT molecular complexity index is 465. The van der Waals surface area contributed by atoms with E-state index in [4.69, 9.17) is 5.73 Å². The first-order valence-corrected chi connectivity index (χ1v) is 6.13. The highest BCUT2D eigenvalue weighted by molar-refractivity contribution is 5.85. The summed E-state index contributed by atoms with van der Waals surface area (Å²) in [5, 5.41) is 2.73. The van der Waals surface area contributed by atoms with Crippen molar-refractivity contribution in [3.8, 4) is 0 Å². The first-order chi connectivity index (χ1) is 8.52. The lowest BCUT2D eigenvalue weighted by Crippen LogP contribution is -2.41. The van der Waals surface area contributed by atoms with Crippen molar-refractivity contribution >= 4 is 30.7 Å². The summed E-state index contributed by atoms with van der Waals surface area (Å²) < 4.78 is 0. The molecule has 1 rings (SSSR count). The van der Waals surface area contributed by atoms with Gasteiger partial charge >= 0.3 is 0 Å². The Labute approximate surface area is 130 Å². The number of aromatic amines is 1. The van der Waals surface area contributed by atoms with Crippen LogP contribution in [0.3, 0.4) is 0 Å². The zero-order valence-electron chi connectivity index (χ0n) is 11.6. The molecule has 0 bridgehead atoms. The maximum atomic E-state index is 11.5. The predicted molar refractivity (Wildman–Crippen MR) is 83.7 cm³/mol. The van der Waals surface area contributed by atoms with Crippen LogP contribution in [0.5, 0.6) is 0 Å². The van der Waals surface area contributed by atoms with Crippen molar-refractivity contribution in [3.63, 3.8) is 0 Å². The van der Waals surface area contributed by atoms with E-state index in [0.29, 0.717) is 30.9 Å². The molecule has 20 heavy (non-hydrogen) atoms. The summed E-state index contributed by atoms with van der Waals surface area (Å²) in [6.45, 7) is 4.16. The number of nitrogens with two attached hydrogens (primary N) is 1. The Morgan fingerprint density at radius 1 is 1.50 bits per heavy atom. The largest absolute Gasteiger partial charge is 0.354 e. The number of aromatic nitrogens is 2. The molecule has 0 aliphatic carbocycles. The molecule has 1 atom stereocenters. The van der Waals surface area contributed by atoms with Crippen molar-refractivity contribution < 1.29 is 4.79 Å². The van der Waals surface area contributed by atoms with Crippen LogP contribution in [0.2, 0.25) is 0 Å². The third-order valence-corrected chi connectivity index (χ3v) is 2.52. The first kappa shape index (κ1) is 21.2. The van der Waals surface area contributed by atoms with E-state index in [9.17, 15) is 9.59 Å². The molecule has 1 aromatic rings. The van der Waals surface area contributed by atoms with Gasteiger partial charge in [0.2, 0.25) is 5.91 Å². The third kappa shape index (κ3) is 7.47. The topological polar surface area (TPSA) is 101 Å². The summed E-state index contributed by atoms with van der Waals surface area (Å²) >= 11 is 0. The number of nitrogens with one attached hydrogen (secondary N) is 2. The van der Waals surface area contributed by atoms with Gasteiger partial charge < -0.3 is 16.0 Å². The zero-order valence-corrected chi connectivity index (χ0v) is 13.3. The van der Waals surface area contributed by atoms with Gasteiger partial charge in [0.25, 0.3) is 5.56 Å². The van der Waals surface area contributed by atoms with Crippen molar-refractivity contribution in [2.45, 2.75) is 39.2 Å². The summed E-state index contributed by atoms with van der Waals surface area (Å²) in [6.07, 6.45) is 2.04. The Hall–Kier alpha value is -1.11. The number of carbonyl (C=O) groups is 1. The Balaban J connectivity index is 0. The minimum Gasteiger partial charge on any atom is -0.354 e. The van der Waals surface area contributed by atoms with Crippen LogP contribution in [0.4, 0.5) is 0 Å². The number of aryl methyl sites for hydroxylation is 1. The van der Waals surface area contributed by atoms with E-state index in [1.807, 2.05) is 6.92 Å². The van der Waals surface area contributed by atoms with Gasteiger partial charge in [-0.25, -0.2) is 4.98 Å². The van der Waals surface area contributed by atoms with Crippen LogP contribution >= 0.6 is 24.8 Å². The molecular weight excluding hydrogens is 303 g/mol. The molecule has 6 nitrogen and oxygen atoms in total. The van der Waals surface area contributed by atoms with E-state index in [1.54, 1.807) is 6.92 Å². The molecule has 8 heteroatoms. The second-order valence-corrected chi connectivity index (χ2v) is 4.27. The summed E-state index contributed by atoms with van der Waals surface area (Å²) in [5.74, 6) is 0.413. The highest BCUT2D eigenvalue weighted by Gasteiger charge is 2.11. The number of nitrogens with zero attached hydrogens (tertiary/aromatic N) is 1. The number of amides is 1. The molecule has 0 unspecified atom stereocenters. The molecule has 0 radical (unpaired) electrons. The molecule has 0 aliphatic heterocycles. The van der Waals surface area contributed by atoms with E-state index < -0.39 is 6.04 Å². The quantitative estimate of drug-likeness (QED) is 0.717. The molecule has 4 N–H and O–H groups in total. The third-order valence-electron chi connectivity index (χ3n) is 2.52. The standard InChI is InChI=1S/C12H20N4O2.2ClH/c1-3-4-9(13)12(18)14-6-5-10-15-8(2)7-11(17)16-10;;/h7,9H,3-6,13H2,1-2H3,(H,14,18)(H,15,16,17);2*1H/t9-;;/m0../s1. The lowest BCUT2D eigenvalue weighted by atomic mass is 10.1. The van der Waals surface area contributed by atoms with Gasteiger partial charge in [-0.05, 0) is 13.3 Å². The van der Waals surface area contributed by atoms with Crippen molar-refractivity contribution in [2.24, 2.45) is 5.73 Å². The molecule has 0 saturated carbocycles. The minimum absolute atomic E-state index is 0. The number of carbonyl (C=O) groups excluding carboxylic acids is 1. The fourth-order valence-corrected chi connectivity index (χ4v) is 1.64. The van der Waals surface area contributed by atoms with Crippen LogP contribution in [0, 0.1) is 6.92 Å². The normalized spacial score (nSPS) is 10.9. The Morgan fingerprint density at radius 2 is 2.15 bits per heavy atom. The average molecular weight is 325 g/mol. The van der Waals surface area contributed by atoms with E-state index in [-0.39, 0.29) is 36.3 Å². The van der Waals surface area contributed by atoms with Crippen molar-refractivity contribution in [1.29, 1.82) is 0 Å². The van der Waals surface area contributed by atoms with Gasteiger partial charge in [0, 0.05) is 24.7 Å². The minimum atomic E-state index is -0.459. The number of hydrogen-bond donors (Lipinski definition) is 3. The molecule has 1 aromatic heterocycles. The van der Waals surface area contributed by atoms with Gasteiger partial charge in [-0.3, -0.25) is 9.59 Å². The van der Waals surface area contributed by atoms with Crippen LogP contribution in [0.1, 0.15) is 31.3 Å². The monoisotopic (exact) mass is 324 g/mol. The first-order valence-electron chi connectivity index (χ1n) is 6.13. The van der Waals surface area contributed by atoms with Crippen molar-refractivity contribution in [1.82, 2.24) is 15.3 Å². The van der Waals surface area contributed by atoms with Crippen LogP contribution in [-0.2, 0) is 11.2 Å². The summed E-state index contributed by atoms with van der Waals surface area (Å²) in [4.78, 5) is 29.5. The van der Waals surface area contributed by atoms with Gasteiger partial charge in [0.15, 0.2) is 0 Å². The lowest BCUT2D eigenvalue weighted by Gasteiger charge is -2.10. The highest BCUT2D eigenvalue weighted by atomic mass is 35.5. The average Bonchev–Trinajstić information content (AvgIpc) is 2.27. The van der Waals surface area contributed by atoms with E-state index in [2.05, 4.69) is 15.3 Å². The summed E-state index contributed by atoms with van der Waals surface area (Å²) in [5.41, 5.74) is 6.16. The van der Waals surface area contributed by atoms with E-state index >= 15 is 0 Å². The molecule has 116 valence electrons. The lowest BCUT2D eigenvalue weighted by molar-refractivity contribution is -0.122. The highest BCUT2D eigenvalue weighted by Crippen LogP contribution is 1.94. The van der Waals surface area contributed by atoms with E-state index in [1.165, 1.54) is 6.07 Å². The van der Waals surface area contributed by atoms with Gasteiger partial charge in [-0.15, -0.1) is 24.8 Å². The number of H-pyrrole nitrogens is 1. The molecule has 1 heterocycles. The maximum absolute atomic E-state index is 11.5. The maximum Gasteiger partial charge on any atom is 0.251 e. The van der Waals surface area contributed by atoms with Crippen molar-refractivity contribution in [2.75, 3.05) is 6.54 Å². The number of rotatable bonds is 6. The molecule has 0 spiro atoms. The molecule has 1 amide bonds. The molecular formula is C12H22Cl2N4O2. The van der Waals surface area contributed by atoms with Gasteiger partial charge in [0.05, 0.1) is 6.04 Å². The second-order valence-electron chi connectivity index (χ2n) is 4.27. The number of hydrogen-bond acceptors (Lipinski definition) is 4. The van der Waals surface area contributed by atoms with Crippen LogP contribution in [0.15, 0.2) is 10.9 Å². The van der Waals surface area contributed by atoms with Gasteiger partial charge in [-0.2, -0.15) is 0 Å². The van der Waals surface area contributed by atoms with Crippen LogP contribution in [-0.4, -0.2) is 28.5 Å². The van der Waals surface area contributed by atoms with Crippen LogP contribution < -0.4 is 16.6 Å². The summed E-state index contributed by atoms with van der Waals surface area (Å²) in [6, 6.07) is 0.971. The number of halogens is 2. The smallest absolute Gasteiger partial charge is 0.251 e. The Morgan fingerprint density at radius 3 is 2.70 bits per heavy atom. The molecule has 0 aromatic carbocycles. The SMILES string of the molecule is CCC[C@H](N)C(=O)NCCc1nc(C)cc(=O)[nH]1.Cl.Cl. The fourth-order valence-electron chi connectivity index (χ4n) is 1.64. The van der Waals surface area contributed by atoms with E-state index in [0.717, 1.165) is 6.42 Å². The Kier molecular flexibility index (Phi) is 11.3. The van der Waals surface area contributed by atoms with Gasteiger partial charge in [-0.1, -0.05) is 13.3 Å².